The van der Waals surface area contributed by atoms with Gasteiger partial charge in [-0.15, -0.1) is 0 Å². The number of nitro groups is 1. The van der Waals surface area contributed by atoms with Gasteiger partial charge in [-0.05, 0) is 85.8 Å². The summed E-state index contributed by atoms with van der Waals surface area (Å²) < 4.78 is 62.1. The average Bonchev–Trinajstić information content (AvgIpc) is 2.97. The van der Waals surface area contributed by atoms with E-state index in [9.17, 15) is 31.7 Å². The summed E-state index contributed by atoms with van der Waals surface area (Å²) in [5.74, 6) is -0.300. The van der Waals surface area contributed by atoms with E-state index in [0.717, 1.165) is 14.8 Å². The summed E-state index contributed by atoms with van der Waals surface area (Å²) in [5.41, 5.74) is 0.574. The Morgan fingerprint density at radius 2 is 1.47 bits per heavy atom. The Bertz CT molecular complexity index is 1870. The fraction of sp³-hybridized carbons (Fsp3) is 0.107. The maximum Gasteiger partial charge on any atom is 0.273 e. The number of sulfonamides is 2. The number of nitrogens with one attached hydrogen (secondary N) is 2. The maximum atomic E-state index is 13.7. The van der Waals surface area contributed by atoms with Gasteiger partial charge in [0.1, 0.15) is 12.3 Å². The Balaban J connectivity index is 1.57. The molecule has 2 N–H and O–H groups in total. The largest absolute Gasteiger partial charge is 0.497 e. The number of halogens is 1. The van der Waals surface area contributed by atoms with E-state index < -0.39 is 37.4 Å². The van der Waals surface area contributed by atoms with Crippen molar-refractivity contribution in [3.8, 4) is 5.75 Å². The van der Waals surface area contributed by atoms with Gasteiger partial charge in [0.05, 0.1) is 27.5 Å². The lowest BCUT2D eigenvalue weighted by atomic mass is 10.2. The molecule has 0 spiro atoms. The number of methoxy groups -OCH3 is 1. The topological polar surface area (TPSA) is 165 Å². The van der Waals surface area contributed by atoms with Gasteiger partial charge in [0.2, 0.25) is 5.91 Å². The molecule has 4 aromatic carbocycles. The van der Waals surface area contributed by atoms with E-state index >= 15 is 0 Å². The van der Waals surface area contributed by atoms with E-state index in [2.05, 4.69) is 26.0 Å². The predicted molar refractivity (Wildman–Crippen MR) is 165 cm³/mol. The summed E-state index contributed by atoms with van der Waals surface area (Å²) in [6, 6.07) is 21.2. The van der Waals surface area contributed by atoms with Crippen molar-refractivity contribution in [1.29, 1.82) is 0 Å². The van der Waals surface area contributed by atoms with Crippen LogP contribution in [0.5, 0.6) is 5.75 Å². The molecule has 0 heterocycles. The molecule has 0 aliphatic rings. The van der Waals surface area contributed by atoms with Crippen molar-refractivity contribution >= 4 is 64.6 Å². The molecule has 0 aliphatic heterocycles. The number of carbonyl (C=O) groups is 1. The number of anilines is 3. The number of amides is 1. The molecule has 4 rings (SSSR count). The number of hydrogen-bond acceptors (Lipinski definition) is 8. The van der Waals surface area contributed by atoms with Crippen LogP contribution in [-0.4, -0.2) is 41.3 Å². The summed E-state index contributed by atoms with van der Waals surface area (Å²) in [5, 5.41) is 14.0. The van der Waals surface area contributed by atoms with Crippen LogP contribution in [-0.2, 0) is 24.8 Å². The molecular weight excluding hydrogens is 664 g/mol. The molecule has 0 aromatic heterocycles. The molecule has 0 aliphatic carbocycles. The molecule has 0 saturated carbocycles. The standard InChI is InChI=1S/C28H25BrN4O8S2/c1-19-3-14-26(17-27(19)33(35)36)43(39,40)32(23-10-12-24(41-2)13-11-23)18-28(34)30-21-8-15-25(16-9-21)42(37,38)31-22-6-4-20(29)5-7-22/h3-17,31H,18H2,1-2H3,(H,30,34). The molecule has 4 aromatic rings. The number of nitrogens with zero attached hydrogens (tertiary/aromatic N) is 2. The highest BCUT2D eigenvalue weighted by Gasteiger charge is 2.29. The lowest BCUT2D eigenvalue weighted by molar-refractivity contribution is -0.385. The van der Waals surface area contributed by atoms with Crippen LogP contribution < -0.4 is 19.1 Å². The molecule has 0 fully saturated rings. The lowest BCUT2D eigenvalue weighted by Crippen LogP contribution is -2.38. The lowest BCUT2D eigenvalue weighted by Gasteiger charge is -2.24. The van der Waals surface area contributed by atoms with Gasteiger partial charge < -0.3 is 10.1 Å². The quantitative estimate of drug-likeness (QED) is 0.158. The van der Waals surface area contributed by atoms with Gasteiger partial charge in [-0.2, -0.15) is 0 Å². The van der Waals surface area contributed by atoms with Crippen LogP contribution in [0.15, 0.2) is 105 Å². The number of benzene rings is 4. The number of carbonyl (C=O) groups excluding carboxylic acids is 1. The van der Waals surface area contributed by atoms with Crippen molar-refractivity contribution in [1.82, 2.24) is 0 Å². The van der Waals surface area contributed by atoms with E-state index in [1.165, 1.54) is 74.7 Å². The first-order valence-corrected chi connectivity index (χ1v) is 16.1. The highest BCUT2D eigenvalue weighted by atomic mass is 79.9. The van der Waals surface area contributed by atoms with Crippen LogP contribution in [0.1, 0.15) is 5.56 Å². The van der Waals surface area contributed by atoms with Crippen LogP contribution in [0.4, 0.5) is 22.7 Å². The van der Waals surface area contributed by atoms with Crippen molar-refractivity contribution < 1.29 is 31.3 Å². The number of hydrogen-bond donors (Lipinski definition) is 2. The summed E-state index contributed by atoms with van der Waals surface area (Å²) in [6.07, 6.45) is 0. The second-order valence-corrected chi connectivity index (χ2v) is 13.6. The van der Waals surface area contributed by atoms with Crippen LogP contribution in [0.25, 0.3) is 0 Å². The monoisotopic (exact) mass is 688 g/mol. The van der Waals surface area contributed by atoms with Crippen molar-refractivity contribution in [3.05, 3.63) is 111 Å². The minimum atomic E-state index is -4.46. The van der Waals surface area contributed by atoms with Crippen LogP contribution in [0.2, 0.25) is 0 Å². The third-order valence-electron chi connectivity index (χ3n) is 6.16. The minimum absolute atomic E-state index is 0.0585. The average molecular weight is 690 g/mol. The Morgan fingerprint density at radius 1 is 0.884 bits per heavy atom. The van der Waals surface area contributed by atoms with E-state index in [1.807, 2.05) is 0 Å². The van der Waals surface area contributed by atoms with E-state index in [0.29, 0.717) is 11.4 Å². The van der Waals surface area contributed by atoms with Crippen LogP contribution >= 0.6 is 15.9 Å². The van der Waals surface area contributed by atoms with Gasteiger partial charge in [-0.25, -0.2) is 16.8 Å². The van der Waals surface area contributed by atoms with Crippen LogP contribution in [0.3, 0.4) is 0 Å². The molecule has 224 valence electrons. The normalized spacial score (nSPS) is 11.4. The Morgan fingerprint density at radius 3 is 2.05 bits per heavy atom. The molecule has 0 radical (unpaired) electrons. The molecule has 15 heteroatoms. The summed E-state index contributed by atoms with van der Waals surface area (Å²) in [4.78, 5) is 23.4. The summed E-state index contributed by atoms with van der Waals surface area (Å²) in [7, 11) is -6.93. The van der Waals surface area contributed by atoms with Gasteiger partial charge in [-0.3, -0.25) is 23.9 Å². The number of aryl methyl sites for hydroxylation is 1. The molecule has 43 heavy (non-hydrogen) atoms. The Labute approximate surface area is 256 Å². The Kier molecular flexibility index (Phi) is 9.37. The van der Waals surface area contributed by atoms with Crippen molar-refractivity contribution in [2.75, 3.05) is 28.0 Å². The van der Waals surface area contributed by atoms with Crippen molar-refractivity contribution in [2.45, 2.75) is 16.7 Å². The van der Waals surface area contributed by atoms with E-state index in [-0.39, 0.29) is 32.4 Å². The zero-order valence-electron chi connectivity index (χ0n) is 22.7. The third kappa shape index (κ3) is 7.49. The zero-order valence-corrected chi connectivity index (χ0v) is 25.9. The van der Waals surface area contributed by atoms with Gasteiger partial charge in [0, 0.05) is 27.5 Å². The molecule has 0 bridgehead atoms. The van der Waals surface area contributed by atoms with E-state index in [1.54, 1.807) is 24.3 Å². The van der Waals surface area contributed by atoms with Crippen molar-refractivity contribution in [2.24, 2.45) is 0 Å². The first-order valence-electron chi connectivity index (χ1n) is 12.4. The minimum Gasteiger partial charge on any atom is -0.497 e. The first kappa shape index (κ1) is 31.5. The highest BCUT2D eigenvalue weighted by molar-refractivity contribution is 9.10. The summed E-state index contributed by atoms with van der Waals surface area (Å²) >= 11 is 3.29. The van der Waals surface area contributed by atoms with Gasteiger partial charge in [-0.1, -0.05) is 22.0 Å². The second kappa shape index (κ2) is 12.8. The third-order valence-corrected chi connectivity index (χ3v) is 9.85. The van der Waals surface area contributed by atoms with Crippen LogP contribution in [0, 0.1) is 17.0 Å². The first-order chi connectivity index (χ1) is 20.3. The molecule has 0 unspecified atom stereocenters. The van der Waals surface area contributed by atoms with Gasteiger partial charge in [0.15, 0.2) is 0 Å². The second-order valence-electron chi connectivity index (χ2n) is 9.10. The van der Waals surface area contributed by atoms with Crippen molar-refractivity contribution in [3.63, 3.8) is 0 Å². The zero-order chi connectivity index (χ0) is 31.4. The maximum absolute atomic E-state index is 13.7. The number of nitro benzene ring substituents is 1. The summed E-state index contributed by atoms with van der Waals surface area (Å²) in [6.45, 7) is 0.790. The smallest absolute Gasteiger partial charge is 0.273 e. The molecule has 0 saturated heterocycles. The van der Waals surface area contributed by atoms with Gasteiger partial charge in [0.25, 0.3) is 25.7 Å². The SMILES string of the molecule is COc1ccc(N(CC(=O)Nc2ccc(S(=O)(=O)Nc3ccc(Br)cc3)cc2)S(=O)(=O)c2ccc(C)c([N+](=O)[O-])c2)cc1. The molecule has 1 amide bonds. The molecular formula is C28H25BrN4O8S2. The highest BCUT2D eigenvalue weighted by Crippen LogP contribution is 2.29. The fourth-order valence-electron chi connectivity index (χ4n) is 3.92. The molecule has 0 atom stereocenters. The molecule has 12 nitrogen and oxygen atoms in total. The predicted octanol–water partition coefficient (Wildman–Crippen LogP) is 5.31. The Hall–Kier alpha value is -4.47. The fourth-order valence-corrected chi connectivity index (χ4v) is 6.68. The number of rotatable bonds is 11. The number of ether oxygens (including phenoxy) is 1. The van der Waals surface area contributed by atoms with Gasteiger partial charge >= 0.3 is 0 Å². The van der Waals surface area contributed by atoms with E-state index in [4.69, 9.17) is 4.74 Å².